The van der Waals surface area contributed by atoms with Crippen molar-refractivity contribution in [2.45, 2.75) is 99.3 Å². The number of rotatable bonds is 11. The van der Waals surface area contributed by atoms with Gasteiger partial charge < -0.3 is 20.3 Å². The van der Waals surface area contributed by atoms with E-state index in [0.717, 1.165) is 29.5 Å². The summed E-state index contributed by atoms with van der Waals surface area (Å²) in [6.45, 7) is 18.0. The molecule has 1 aromatic rings. The average Bonchev–Trinajstić information content (AvgIpc) is 2.69. The number of alkyl carbamates (subject to hydrolysis) is 1. The number of hydrogen-bond donors (Lipinski definition) is 2. The Morgan fingerprint density at radius 3 is 2.06 bits per heavy atom. The molecule has 0 fully saturated rings. The minimum absolute atomic E-state index is 0.192. The van der Waals surface area contributed by atoms with Crippen molar-refractivity contribution >= 4 is 17.9 Å². The Kier molecular flexibility index (Phi) is 11.6. The normalized spacial score (nSPS) is 13.2. The number of carbonyl (C=O) groups excluding carboxylic acids is 3. The predicted octanol–water partition coefficient (Wildman–Crippen LogP) is 5.05. The minimum Gasteiger partial charge on any atom is -0.444 e. The number of nitrogens with one attached hydrogen (secondary N) is 2. The highest BCUT2D eigenvalue weighted by Gasteiger charge is 2.37. The van der Waals surface area contributed by atoms with Gasteiger partial charge in [0, 0.05) is 13.1 Å². The zero-order valence-corrected chi connectivity index (χ0v) is 22.6. The molecule has 0 heterocycles. The summed E-state index contributed by atoms with van der Waals surface area (Å²) in [6, 6.07) is 4.35. The van der Waals surface area contributed by atoms with E-state index in [9.17, 15) is 14.4 Å². The Hall–Kier alpha value is -2.57. The number of hydrogen-bond acceptors (Lipinski definition) is 4. The van der Waals surface area contributed by atoms with Crippen LogP contribution >= 0.6 is 0 Å². The van der Waals surface area contributed by atoms with E-state index in [1.54, 1.807) is 25.7 Å². The van der Waals surface area contributed by atoms with Crippen molar-refractivity contribution in [2.24, 2.45) is 5.92 Å². The summed E-state index contributed by atoms with van der Waals surface area (Å²) in [5, 5.41) is 5.76. The fraction of sp³-hybridized carbons (Fsp3) is 0.667. The SMILES string of the molecule is CCCCNC(=O)C(c1cc(C)cc(C)c1)N(CCC)C(=O)C(NC(=O)OC(C)(C)C)C(C)C. The topological polar surface area (TPSA) is 87.7 Å². The maximum Gasteiger partial charge on any atom is 0.408 e. The van der Waals surface area contributed by atoms with E-state index in [1.807, 2.05) is 52.8 Å². The first-order valence-corrected chi connectivity index (χ1v) is 12.5. The molecule has 192 valence electrons. The molecule has 3 amide bonds. The van der Waals surface area contributed by atoms with Gasteiger partial charge in [-0.2, -0.15) is 0 Å². The molecule has 2 atom stereocenters. The Labute approximate surface area is 206 Å². The minimum atomic E-state index is -0.821. The lowest BCUT2D eigenvalue weighted by molar-refractivity contribution is -0.143. The van der Waals surface area contributed by atoms with E-state index < -0.39 is 23.8 Å². The molecule has 34 heavy (non-hydrogen) atoms. The van der Waals surface area contributed by atoms with Gasteiger partial charge in [-0.1, -0.05) is 63.4 Å². The van der Waals surface area contributed by atoms with Gasteiger partial charge in [-0.25, -0.2) is 4.79 Å². The summed E-state index contributed by atoms with van der Waals surface area (Å²) < 4.78 is 5.40. The molecule has 1 aromatic carbocycles. The third-order valence-electron chi connectivity index (χ3n) is 5.30. The van der Waals surface area contributed by atoms with Crippen LogP contribution in [-0.4, -0.2) is 47.5 Å². The van der Waals surface area contributed by atoms with Crippen LogP contribution in [0.3, 0.4) is 0 Å². The highest BCUT2D eigenvalue weighted by Crippen LogP contribution is 2.26. The number of aryl methyl sites for hydroxylation is 2. The molecule has 0 aliphatic heterocycles. The molecule has 0 radical (unpaired) electrons. The first-order chi connectivity index (χ1) is 15.8. The lowest BCUT2D eigenvalue weighted by atomic mass is 9.96. The Morgan fingerprint density at radius 2 is 1.59 bits per heavy atom. The molecule has 0 aliphatic rings. The number of amides is 3. The van der Waals surface area contributed by atoms with Gasteiger partial charge in [0.2, 0.25) is 11.8 Å². The molecule has 7 heteroatoms. The Morgan fingerprint density at radius 1 is 1.00 bits per heavy atom. The van der Waals surface area contributed by atoms with Crippen molar-refractivity contribution < 1.29 is 19.1 Å². The number of unbranched alkanes of at least 4 members (excludes halogenated alkanes) is 1. The van der Waals surface area contributed by atoms with Gasteiger partial charge in [0.25, 0.3) is 0 Å². The summed E-state index contributed by atoms with van der Waals surface area (Å²) in [5.41, 5.74) is 2.14. The van der Waals surface area contributed by atoms with Crippen LogP contribution in [0.15, 0.2) is 18.2 Å². The van der Waals surface area contributed by atoms with E-state index >= 15 is 0 Å². The molecular weight excluding hydrogens is 430 g/mol. The maximum atomic E-state index is 13.9. The summed E-state index contributed by atoms with van der Waals surface area (Å²) in [6.07, 6.45) is 1.85. The van der Waals surface area contributed by atoms with Crippen molar-refractivity contribution in [3.05, 3.63) is 34.9 Å². The van der Waals surface area contributed by atoms with Crippen molar-refractivity contribution in [3.63, 3.8) is 0 Å². The largest absolute Gasteiger partial charge is 0.444 e. The highest BCUT2D eigenvalue weighted by atomic mass is 16.6. The van der Waals surface area contributed by atoms with E-state index in [2.05, 4.69) is 17.6 Å². The second-order valence-corrected chi connectivity index (χ2v) is 10.4. The zero-order chi connectivity index (χ0) is 26.1. The molecule has 0 saturated heterocycles. The third-order valence-corrected chi connectivity index (χ3v) is 5.30. The maximum absolute atomic E-state index is 13.9. The zero-order valence-electron chi connectivity index (χ0n) is 22.6. The van der Waals surface area contributed by atoms with Crippen LogP contribution in [-0.2, 0) is 14.3 Å². The van der Waals surface area contributed by atoms with Crippen molar-refractivity contribution in [1.82, 2.24) is 15.5 Å². The van der Waals surface area contributed by atoms with Crippen LogP contribution in [0.4, 0.5) is 4.79 Å². The predicted molar refractivity (Wildman–Crippen MR) is 137 cm³/mol. The first-order valence-electron chi connectivity index (χ1n) is 12.5. The lowest BCUT2D eigenvalue weighted by Gasteiger charge is -2.35. The second kappa shape index (κ2) is 13.4. The molecule has 0 aromatic heterocycles. The first kappa shape index (κ1) is 29.5. The number of ether oxygens (including phenoxy) is 1. The molecule has 0 spiro atoms. The number of benzene rings is 1. The van der Waals surface area contributed by atoms with Crippen molar-refractivity contribution in [1.29, 1.82) is 0 Å². The van der Waals surface area contributed by atoms with E-state index in [-0.39, 0.29) is 17.7 Å². The molecule has 7 nitrogen and oxygen atoms in total. The summed E-state index contributed by atoms with van der Waals surface area (Å²) in [4.78, 5) is 41.4. The number of carbonyl (C=O) groups is 3. The summed E-state index contributed by atoms with van der Waals surface area (Å²) in [5.74, 6) is -0.694. The van der Waals surface area contributed by atoms with Crippen molar-refractivity contribution in [3.8, 4) is 0 Å². The highest BCUT2D eigenvalue weighted by molar-refractivity contribution is 5.92. The van der Waals surface area contributed by atoms with E-state index in [4.69, 9.17) is 4.74 Å². The molecule has 2 N–H and O–H groups in total. The summed E-state index contributed by atoms with van der Waals surface area (Å²) in [7, 11) is 0. The molecular formula is C27H45N3O4. The molecule has 2 unspecified atom stereocenters. The number of nitrogens with zero attached hydrogens (tertiary/aromatic N) is 1. The van der Waals surface area contributed by atoms with Gasteiger partial charge in [-0.15, -0.1) is 0 Å². The van der Waals surface area contributed by atoms with E-state index in [1.165, 1.54) is 0 Å². The molecule has 0 aliphatic carbocycles. The van der Waals surface area contributed by atoms with Crippen LogP contribution in [0, 0.1) is 19.8 Å². The fourth-order valence-electron chi connectivity index (χ4n) is 3.86. The fourth-order valence-corrected chi connectivity index (χ4v) is 3.86. The van der Waals surface area contributed by atoms with Crippen LogP contribution in [0.25, 0.3) is 0 Å². The second-order valence-electron chi connectivity index (χ2n) is 10.4. The van der Waals surface area contributed by atoms with Crippen LogP contribution < -0.4 is 10.6 Å². The van der Waals surface area contributed by atoms with Crippen LogP contribution in [0.5, 0.6) is 0 Å². The molecule has 1 rings (SSSR count). The third kappa shape index (κ3) is 9.35. The quantitative estimate of drug-likeness (QED) is 0.439. The Bertz CT molecular complexity index is 809. The molecule has 0 bridgehead atoms. The standard InChI is InChI=1S/C27H45N3O4/c1-10-12-13-28-24(31)23(21-16-19(5)15-20(6)17-21)30(14-11-2)25(32)22(18(3)4)29-26(33)34-27(7,8)9/h15-18,22-23H,10-14H2,1-9H3,(H,28,31)(H,29,33). The van der Waals surface area contributed by atoms with Gasteiger partial charge in [-0.3, -0.25) is 9.59 Å². The smallest absolute Gasteiger partial charge is 0.408 e. The van der Waals surface area contributed by atoms with E-state index in [0.29, 0.717) is 19.5 Å². The van der Waals surface area contributed by atoms with Crippen molar-refractivity contribution in [2.75, 3.05) is 13.1 Å². The van der Waals surface area contributed by atoms with Gasteiger partial charge >= 0.3 is 6.09 Å². The van der Waals surface area contributed by atoms with Crippen LogP contribution in [0.2, 0.25) is 0 Å². The summed E-state index contributed by atoms with van der Waals surface area (Å²) >= 11 is 0. The van der Waals surface area contributed by atoms with Gasteiger partial charge in [-0.05, 0) is 58.9 Å². The van der Waals surface area contributed by atoms with Gasteiger partial charge in [0.15, 0.2) is 0 Å². The monoisotopic (exact) mass is 475 g/mol. The molecule has 0 saturated carbocycles. The lowest BCUT2D eigenvalue weighted by Crippen LogP contribution is -2.55. The van der Waals surface area contributed by atoms with Gasteiger partial charge in [0.05, 0.1) is 0 Å². The average molecular weight is 476 g/mol. The van der Waals surface area contributed by atoms with Crippen LogP contribution in [0.1, 0.15) is 90.5 Å². The Balaban J connectivity index is 3.41. The van der Waals surface area contributed by atoms with Gasteiger partial charge in [0.1, 0.15) is 17.7 Å².